The van der Waals surface area contributed by atoms with E-state index in [1.165, 1.54) is 18.2 Å². The van der Waals surface area contributed by atoms with Gasteiger partial charge in [0, 0.05) is 19.0 Å². The Hall–Kier alpha value is -3.38. The minimum Gasteiger partial charge on any atom is -0.351 e. The van der Waals surface area contributed by atoms with Crippen molar-refractivity contribution in [3.8, 4) is 0 Å². The highest BCUT2D eigenvalue weighted by molar-refractivity contribution is 7.89. The van der Waals surface area contributed by atoms with Gasteiger partial charge in [-0.2, -0.15) is 17.5 Å². The van der Waals surface area contributed by atoms with Crippen LogP contribution in [-0.4, -0.2) is 49.6 Å². The summed E-state index contributed by atoms with van der Waals surface area (Å²) in [5.74, 6) is -2.69. The van der Waals surface area contributed by atoms with Crippen LogP contribution < -0.4 is 5.32 Å². The molecule has 0 aromatic heterocycles. The highest BCUT2D eigenvalue weighted by Crippen LogP contribution is 2.32. The number of nitrogens with one attached hydrogen (secondary N) is 1. The number of aliphatic imine (C=N–C) groups is 1. The molecule has 3 atom stereocenters. The maximum atomic E-state index is 14.5. The topological polar surface area (TPSA) is 78.8 Å². The average Bonchev–Trinajstić information content (AvgIpc) is 3.14. The van der Waals surface area contributed by atoms with Gasteiger partial charge in [0.15, 0.2) is 0 Å². The fourth-order valence-electron chi connectivity index (χ4n) is 4.71. The first-order chi connectivity index (χ1) is 18.3. The number of hydrogen-bond donors (Lipinski definition) is 1. The van der Waals surface area contributed by atoms with Crippen LogP contribution in [0.2, 0.25) is 0 Å². The molecule has 3 unspecified atom stereocenters. The maximum absolute atomic E-state index is 14.5. The summed E-state index contributed by atoms with van der Waals surface area (Å²) in [7, 11) is -4.08. The van der Waals surface area contributed by atoms with Crippen LogP contribution in [0.3, 0.4) is 0 Å². The molecule has 4 rings (SSSR count). The van der Waals surface area contributed by atoms with Crippen LogP contribution in [0.15, 0.2) is 76.7 Å². The number of alkyl halides is 3. The molecular weight excluding hydrogens is 541 g/mol. The molecule has 0 bridgehead atoms. The van der Waals surface area contributed by atoms with Crippen molar-refractivity contribution >= 4 is 21.6 Å². The van der Waals surface area contributed by atoms with E-state index in [0.717, 1.165) is 34.6 Å². The molecule has 2 aliphatic rings. The third-order valence-electron chi connectivity index (χ3n) is 6.62. The Morgan fingerprint density at radius 2 is 1.82 bits per heavy atom. The van der Waals surface area contributed by atoms with Crippen LogP contribution in [0.5, 0.6) is 0 Å². The smallest absolute Gasteiger partial charge is 0.351 e. The van der Waals surface area contributed by atoms with Gasteiger partial charge in [0.05, 0.1) is 11.4 Å². The number of hydrogen-bond acceptors (Lipinski definition) is 4. The summed E-state index contributed by atoms with van der Waals surface area (Å²) >= 11 is 0. The predicted octanol–water partition coefficient (Wildman–Crippen LogP) is 4.89. The molecule has 0 saturated carbocycles. The average molecular weight is 568 g/mol. The number of nitrogens with zero attached hydrogens (tertiary/aromatic N) is 2. The van der Waals surface area contributed by atoms with Gasteiger partial charge in [-0.25, -0.2) is 17.2 Å². The summed E-state index contributed by atoms with van der Waals surface area (Å²) in [4.78, 5) is 16.5. The summed E-state index contributed by atoms with van der Waals surface area (Å²) < 4.78 is 94.5. The van der Waals surface area contributed by atoms with E-state index < -0.39 is 51.4 Å². The van der Waals surface area contributed by atoms with E-state index >= 15 is 0 Å². The fourth-order valence-corrected chi connectivity index (χ4v) is 6.43. The van der Waals surface area contributed by atoms with E-state index in [1.807, 2.05) is 0 Å². The second-order valence-corrected chi connectivity index (χ2v) is 11.6. The first-order valence-electron chi connectivity index (χ1n) is 12.1. The summed E-state index contributed by atoms with van der Waals surface area (Å²) in [5, 5.41) is 2.65. The summed E-state index contributed by atoms with van der Waals surface area (Å²) in [6.07, 6.45) is -2.27. The maximum Gasteiger partial charge on any atom is 0.432 e. The molecule has 2 aliphatic heterocycles. The number of rotatable bonds is 6. The largest absolute Gasteiger partial charge is 0.432 e. The lowest BCUT2D eigenvalue weighted by atomic mass is 9.90. The Morgan fingerprint density at radius 1 is 1.13 bits per heavy atom. The first kappa shape index (κ1) is 28.6. The van der Waals surface area contributed by atoms with Crippen LogP contribution >= 0.6 is 0 Å². The third-order valence-corrected chi connectivity index (χ3v) is 8.51. The number of sulfonamides is 1. The minimum atomic E-state index is -4.63. The molecule has 12 heteroatoms. The molecule has 1 N–H and O–H groups in total. The van der Waals surface area contributed by atoms with E-state index in [2.05, 4.69) is 16.9 Å². The Labute approximate surface area is 223 Å². The second-order valence-electron chi connectivity index (χ2n) is 9.69. The quantitative estimate of drug-likeness (QED) is 0.399. The van der Waals surface area contributed by atoms with E-state index in [9.17, 15) is 35.2 Å². The van der Waals surface area contributed by atoms with Gasteiger partial charge in [0.25, 0.3) is 0 Å². The monoisotopic (exact) mass is 567 g/mol. The van der Waals surface area contributed by atoms with E-state index in [0.29, 0.717) is 16.7 Å². The van der Waals surface area contributed by atoms with Crippen LogP contribution in [0, 0.1) is 17.6 Å². The van der Waals surface area contributed by atoms with Crippen molar-refractivity contribution in [2.75, 3.05) is 13.1 Å². The zero-order valence-corrected chi connectivity index (χ0v) is 21.7. The number of benzene rings is 2. The second kappa shape index (κ2) is 11.0. The zero-order chi connectivity index (χ0) is 28.5. The van der Waals surface area contributed by atoms with Crippen LogP contribution in [0.1, 0.15) is 30.4 Å². The summed E-state index contributed by atoms with van der Waals surface area (Å²) in [6, 6.07) is 7.20. The van der Waals surface area contributed by atoms with Crippen molar-refractivity contribution in [3.05, 3.63) is 89.5 Å². The molecule has 2 aromatic carbocycles. The Morgan fingerprint density at radius 3 is 2.49 bits per heavy atom. The van der Waals surface area contributed by atoms with Gasteiger partial charge in [0.2, 0.25) is 15.9 Å². The molecule has 6 nitrogen and oxygen atoms in total. The number of allylic oxidation sites excluding steroid dienone is 2. The van der Waals surface area contributed by atoms with Crippen molar-refractivity contribution < 1.29 is 35.2 Å². The Kier molecular flexibility index (Phi) is 8.08. The molecule has 1 saturated heterocycles. The number of halogens is 5. The molecule has 0 aliphatic carbocycles. The number of carbonyl (C=O) groups excluding carboxylic acids is 1. The highest BCUT2D eigenvalue weighted by atomic mass is 32.2. The van der Waals surface area contributed by atoms with Crippen molar-refractivity contribution in [1.82, 2.24) is 9.62 Å². The molecule has 39 heavy (non-hydrogen) atoms. The molecule has 2 heterocycles. The molecule has 208 valence electrons. The SMILES string of the molecule is C=C1CN=C(C(F)(F)F)C=CC1c1cc(F)cc(CNC(=O)C2CC(C)CN2S(=O)(=O)c2ccc(F)cc2)c1. The van der Waals surface area contributed by atoms with E-state index in [1.54, 1.807) is 13.0 Å². The molecule has 2 aromatic rings. The Bertz CT molecular complexity index is 1440. The van der Waals surface area contributed by atoms with Gasteiger partial charge in [-0.1, -0.05) is 25.6 Å². The highest BCUT2D eigenvalue weighted by Gasteiger charge is 2.42. The first-order valence-corrected chi connectivity index (χ1v) is 13.5. The molecule has 1 fully saturated rings. The third kappa shape index (κ3) is 6.44. The fraction of sp³-hybridized carbons (Fsp3) is 0.333. The van der Waals surface area contributed by atoms with Crippen molar-refractivity contribution in [3.63, 3.8) is 0 Å². The molecular formula is C27H26F5N3O3S. The van der Waals surface area contributed by atoms with Crippen LogP contribution in [-0.2, 0) is 21.4 Å². The van der Waals surface area contributed by atoms with Crippen molar-refractivity contribution in [2.45, 2.75) is 42.9 Å². The normalized spacial score (nSPS) is 22.5. The van der Waals surface area contributed by atoms with Gasteiger partial charge in [0.1, 0.15) is 23.4 Å². The standard InChI is InChI=1S/C27H26F5N3O3S/c1-16-9-24(35(15-16)39(37,38)22-5-3-20(28)4-6-22)26(36)34-14-18-10-19(12-21(29)11-18)23-7-8-25(27(30,31)32)33-13-17(23)2/h3-8,10-12,16,23-24H,2,9,13-15H2,1H3,(H,34,36). The van der Waals surface area contributed by atoms with E-state index in [-0.39, 0.29) is 36.9 Å². The van der Waals surface area contributed by atoms with Gasteiger partial charge in [-0.05, 0) is 71.5 Å². The predicted molar refractivity (Wildman–Crippen MR) is 135 cm³/mol. The van der Waals surface area contributed by atoms with Crippen molar-refractivity contribution in [2.24, 2.45) is 10.9 Å². The van der Waals surface area contributed by atoms with Crippen LogP contribution in [0.4, 0.5) is 22.0 Å². The van der Waals surface area contributed by atoms with Gasteiger partial charge >= 0.3 is 6.18 Å². The number of amides is 1. The van der Waals surface area contributed by atoms with E-state index in [4.69, 9.17) is 0 Å². The number of carbonyl (C=O) groups is 1. The molecule has 0 radical (unpaired) electrons. The lowest BCUT2D eigenvalue weighted by Gasteiger charge is -2.23. The molecule has 1 amide bonds. The van der Waals surface area contributed by atoms with Gasteiger partial charge < -0.3 is 5.32 Å². The lowest BCUT2D eigenvalue weighted by molar-refractivity contribution is -0.124. The van der Waals surface area contributed by atoms with Gasteiger partial charge in [-0.15, -0.1) is 0 Å². The summed E-state index contributed by atoms with van der Waals surface area (Å²) in [6.45, 7) is 5.27. The summed E-state index contributed by atoms with van der Waals surface area (Å²) in [5.41, 5.74) is -0.0393. The lowest BCUT2D eigenvalue weighted by Crippen LogP contribution is -2.45. The van der Waals surface area contributed by atoms with Crippen molar-refractivity contribution in [1.29, 1.82) is 0 Å². The van der Waals surface area contributed by atoms with Crippen LogP contribution in [0.25, 0.3) is 0 Å². The Balaban J connectivity index is 1.50. The van der Waals surface area contributed by atoms with Gasteiger partial charge in [-0.3, -0.25) is 9.79 Å². The molecule has 0 spiro atoms. The zero-order valence-electron chi connectivity index (χ0n) is 20.9. The minimum absolute atomic E-state index is 0.0972.